The van der Waals surface area contributed by atoms with Crippen LogP contribution in [-0.2, 0) is 5.41 Å². The van der Waals surface area contributed by atoms with Crippen molar-refractivity contribution >= 4 is 43.6 Å². The summed E-state index contributed by atoms with van der Waals surface area (Å²) in [6, 6.07) is 60.0. The summed E-state index contributed by atoms with van der Waals surface area (Å²) in [5, 5.41) is 5.06. The maximum absolute atomic E-state index is 2.40. The molecule has 0 unspecified atom stereocenters. The fourth-order valence-corrected chi connectivity index (χ4v) is 7.41. The van der Waals surface area contributed by atoms with Gasteiger partial charge < -0.3 is 9.13 Å². The lowest BCUT2D eigenvalue weighted by molar-refractivity contribution is 0.590. The zero-order valence-electron chi connectivity index (χ0n) is 27.5. The lowest BCUT2D eigenvalue weighted by Crippen LogP contribution is -2.10. The van der Waals surface area contributed by atoms with Gasteiger partial charge in [-0.05, 0) is 93.9 Å². The molecule has 2 heteroatoms. The van der Waals surface area contributed by atoms with Crippen LogP contribution in [0.1, 0.15) is 26.3 Å². The summed E-state index contributed by atoms with van der Waals surface area (Å²) in [6.45, 7) is 6.81. The van der Waals surface area contributed by atoms with Crippen LogP contribution in [-0.4, -0.2) is 9.13 Å². The molecule has 0 bridgehead atoms. The number of aromatic nitrogens is 2. The molecule has 9 aromatic rings. The van der Waals surface area contributed by atoms with Crippen LogP contribution in [0, 0.1) is 0 Å². The number of rotatable bonds is 4. The third-order valence-corrected chi connectivity index (χ3v) is 9.88. The van der Waals surface area contributed by atoms with E-state index in [0.29, 0.717) is 0 Å². The van der Waals surface area contributed by atoms with Gasteiger partial charge in [0, 0.05) is 32.9 Å². The molecule has 0 amide bonds. The van der Waals surface area contributed by atoms with Crippen molar-refractivity contribution in [3.8, 4) is 33.6 Å². The number of para-hydroxylation sites is 3. The first-order chi connectivity index (χ1) is 23.4. The third-order valence-electron chi connectivity index (χ3n) is 9.88. The minimum atomic E-state index is 0.116. The number of hydrogen-bond donors (Lipinski definition) is 0. The summed E-state index contributed by atoms with van der Waals surface area (Å²) in [5.74, 6) is 0. The molecule has 0 atom stereocenters. The van der Waals surface area contributed by atoms with Gasteiger partial charge in [0.05, 0.1) is 22.1 Å². The van der Waals surface area contributed by atoms with Crippen LogP contribution in [0.25, 0.3) is 77.2 Å². The highest BCUT2D eigenvalue weighted by Gasteiger charge is 2.17. The van der Waals surface area contributed by atoms with Gasteiger partial charge in [0.15, 0.2) is 0 Å². The van der Waals surface area contributed by atoms with Crippen LogP contribution in [0.5, 0.6) is 0 Å². The minimum absolute atomic E-state index is 0.116. The quantitative estimate of drug-likeness (QED) is 0.186. The van der Waals surface area contributed by atoms with Gasteiger partial charge in [-0.3, -0.25) is 0 Å². The van der Waals surface area contributed by atoms with E-state index in [9.17, 15) is 0 Å². The fraction of sp³-hybridized carbons (Fsp3) is 0.0870. The Kier molecular flexibility index (Phi) is 6.42. The predicted octanol–water partition coefficient (Wildman–Crippen LogP) is 12.5. The van der Waals surface area contributed by atoms with Crippen molar-refractivity contribution in [1.29, 1.82) is 0 Å². The summed E-state index contributed by atoms with van der Waals surface area (Å²) >= 11 is 0. The molecule has 0 saturated carbocycles. The highest BCUT2D eigenvalue weighted by atomic mass is 15.0. The van der Waals surface area contributed by atoms with E-state index in [-0.39, 0.29) is 5.41 Å². The van der Waals surface area contributed by atoms with E-state index in [2.05, 4.69) is 194 Å². The molecule has 0 aliphatic carbocycles. The normalized spacial score (nSPS) is 12.1. The Bertz CT molecular complexity index is 2630. The van der Waals surface area contributed by atoms with E-state index < -0.39 is 0 Å². The van der Waals surface area contributed by atoms with E-state index in [1.807, 2.05) is 0 Å². The molecular formula is C46H36N2. The maximum atomic E-state index is 2.40. The number of fused-ring (bicyclic) bond motifs is 6. The Morgan fingerprint density at radius 2 is 0.792 bits per heavy atom. The van der Waals surface area contributed by atoms with Gasteiger partial charge in [0.2, 0.25) is 0 Å². The Morgan fingerprint density at radius 1 is 0.333 bits per heavy atom. The molecule has 0 saturated heterocycles. The average Bonchev–Trinajstić information content (AvgIpc) is 3.64. The molecule has 9 rings (SSSR count). The van der Waals surface area contributed by atoms with Crippen LogP contribution in [0.4, 0.5) is 0 Å². The summed E-state index contributed by atoms with van der Waals surface area (Å²) in [4.78, 5) is 0. The van der Waals surface area contributed by atoms with Crippen molar-refractivity contribution < 1.29 is 0 Å². The van der Waals surface area contributed by atoms with Crippen molar-refractivity contribution in [2.75, 3.05) is 0 Å². The van der Waals surface area contributed by atoms with Gasteiger partial charge in [0.25, 0.3) is 0 Å². The van der Waals surface area contributed by atoms with Gasteiger partial charge in [0.1, 0.15) is 0 Å². The van der Waals surface area contributed by atoms with Gasteiger partial charge in [-0.15, -0.1) is 0 Å². The van der Waals surface area contributed by atoms with Crippen LogP contribution in [0.15, 0.2) is 164 Å². The van der Waals surface area contributed by atoms with E-state index in [0.717, 1.165) is 0 Å². The summed E-state index contributed by atoms with van der Waals surface area (Å²) in [5.41, 5.74) is 13.6. The zero-order chi connectivity index (χ0) is 32.4. The molecule has 0 aliphatic heterocycles. The fourth-order valence-electron chi connectivity index (χ4n) is 7.41. The van der Waals surface area contributed by atoms with E-state index in [4.69, 9.17) is 0 Å². The topological polar surface area (TPSA) is 9.86 Å². The summed E-state index contributed by atoms with van der Waals surface area (Å²) in [6.07, 6.45) is 0. The first-order valence-electron chi connectivity index (χ1n) is 16.8. The van der Waals surface area contributed by atoms with Crippen molar-refractivity contribution in [2.24, 2.45) is 0 Å². The largest absolute Gasteiger partial charge is 0.309 e. The second-order valence-electron chi connectivity index (χ2n) is 13.9. The van der Waals surface area contributed by atoms with Crippen molar-refractivity contribution in [3.05, 3.63) is 169 Å². The molecule has 0 N–H and O–H groups in total. The molecule has 7 aromatic carbocycles. The smallest absolute Gasteiger partial charge is 0.0541 e. The van der Waals surface area contributed by atoms with Crippen molar-refractivity contribution in [1.82, 2.24) is 9.13 Å². The molecule has 0 radical (unpaired) electrons. The third kappa shape index (κ3) is 4.56. The monoisotopic (exact) mass is 616 g/mol. The number of nitrogens with zero attached hydrogens (tertiary/aromatic N) is 2. The molecular weight excluding hydrogens is 581 g/mol. The lowest BCUT2D eigenvalue weighted by Gasteiger charge is -2.20. The maximum Gasteiger partial charge on any atom is 0.0541 e. The standard InChI is InChI=1S/C46H36N2/c1-46(2,3)35-13-11-12-32(28-35)31-20-24-37(25-21-31)48-43-19-10-8-17-39(43)41-30-34(23-27-45(41)48)33-22-26-44-40(29-33)38-16-7-9-18-42(38)47(44)36-14-5-4-6-15-36/h4-30H,1-3H3. The van der Waals surface area contributed by atoms with Gasteiger partial charge in [-0.25, -0.2) is 0 Å². The van der Waals surface area contributed by atoms with Crippen molar-refractivity contribution in [3.63, 3.8) is 0 Å². The zero-order valence-corrected chi connectivity index (χ0v) is 27.5. The molecule has 2 heterocycles. The van der Waals surface area contributed by atoms with E-state index >= 15 is 0 Å². The molecule has 0 spiro atoms. The first-order valence-corrected chi connectivity index (χ1v) is 16.8. The van der Waals surface area contributed by atoms with E-state index in [1.54, 1.807) is 0 Å². The first kappa shape index (κ1) is 28.4. The Morgan fingerprint density at radius 3 is 1.35 bits per heavy atom. The van der Waals surface area contributed by atoms with Gasteiger partial charge in [-0.2, -0.15) is 0 Å². The van der Waals surface area contributed by atoms with Gasteiger partial charge >= 0.3 is 0 Å². The van der Waals surface area contributed by atoms with Gasteiger partial charge in [-0.1, -0.05) is 124 Å². The second kappa shape index (κ2) is 10.9. The minimum Gasteiger partial charge on any atom is -0.309 e. The Hall–Kier alpha value is -5.86. The number of benzene rings is 7. The highest BCUT2D eigenvalue weighted by Crippen LogP contribution is 2.38. The number of hydrogen-bond acceptors (Lipinski definition) is 0. The average molecular weight is 617 g/mol. The van der Waals surface area contributed by atoms with Crippen LogP contribution in [0.3, 0.4) is 0 Å². The van der Waals surface area contributed by atoms with Crippen LogP contribution < -0.4 is 0 Å². The molecule has 48 heavy (non-hydrogen) atoms. The van der Waals surface area contributed by atoms with Crippen molar-refractivity contribution in [2.45, 2.75) is 26.2 Å². The van der Waals surface area contributed by atoms with Crippen LogP contribution in [0.2, 0.25) is 0 Å². The Labute approximate surface area is 281 Å². The molecule has 0 fully saturated rings. The van der Waals surface area contributed by atoms with E-state index in [1.165, 1.54) is 82.8 Å². The predicted molar refractivity (Wildman–Crippen MR) is 205 cm³/mol. The van der Waals surface area contributed by atoms with Crippen LogP contribution >= 0.6 is 0 Å². The Balaban J connectivity index is 1.16. The lowest BCUT2D eigenvalue weighted by atomic mass is 9.85. The highest BCUT2D eigenvalue weighted by molar-refractivity contribution is 6.12. The molecule has 2 aromatic heterocycles. The molecule has 230 valence electrons. The molecule has 2 nitrogen and oxygen atoms in total. The molecule has 0 aliphatic rings. The SMILES string of the molecule is CC(C)(C)c1cccc(-c2ccc(-n3c4ccccc4c4cc(-c5ccc6c(c5)c5ccccc5n6-c5ccccc5)ccc43)cc2)c1. The summed E-state index contributed by atoms with van der Waals surface area (Å²) in [7, 11) is 0. The second-order valence-corrected chi connectivity index (χ2v) is 13.9. The summed E-state index contributed by atoms with van der Waals surface area (Å²) < 4.78 is 4.78.